The third-order valence-electron chi connectivity index (χ3n) is 10.7. The minimum Gasteiger partial charge on any atom is -0.457 e. The molecule has 0 saturated heterocycles. The number of ether oxygens (including phenoxy) is 2. The van der Waals surface area contributed by atoms with Gasteiger partial charge in [-0.05, 0) is 38.5 Å². The molecule has 0 bridgehead atoms. The Kier molecular flexibility index (Phi) is 44.1. The number of hydrogen-bond donors (Lipinski definition) is 3. The van der Waals surface area contributed by atoms with Crippen LogP contribution in [0.4, 0.5) is 0 Å². The molecule has 0 aliphatic rings. The highest BCUT2D eigenvalue weighted by Gasteiger charge is 2.26. The predicted octanol–water partition coefficient (Wildman–Crippen LogP) is 13.7. The monoisotopic (exact) mass is 833 g/mol. The number of aliphatic hydroxyl groups excluding tert-OH is 2. The van der Waals surface area contributed by atoms with E-state index in [2.05, 4.69) is 26.0 Å². The van der Waals surface area contributed by atoms with Crippen molar-refractivity contribution in [2.24, 2.45) is 0 Å². The molecule has 3 atom stereocenters. The van der Waals surface area contributed by atoms with Crippen LogP contribution >= 0.6 is 7.82 Å². The molecular weight excluding hydrogens is 739 g/mol. The van der Waals surface area contributed by atoms with Crippen molar-refractivity contribution in [3.63, 3.8) is 0 Å². The summed E-state index contributed by atoms with van der Waals surface area (Å²) in [5, 5.41) is 18.4. The molecule has 9 nitrogen and oxygen atoms in total. The van der Waals surface area contributed by atoms with Crippen LogP contribution in [0.25, 0.3) is 0 Å². The van der Waals surface area contributed by atoms with E-state index in [1.807, 2.05) is 0 Å². The van der Waals surface area contributed by atoms with Gasteiger partial charge in [-0.15, -0.1) is 0 Å². The fourth-order valence-corrected chi connectivity index (χ4v) is 7.79. The summed E-state index contributed by atoms with van der Waals surface area (Å²) in [5.74, 6) is -0.379. The number of unbranched alkanes of at least 4 members (excludes halogenated alkanes) is 31. The van der Waals surface area contributed by atoms with Crippen molar-refractivity contribution in [2.45, 2.75) is 251 Å². The van der Waals surface area contributed by atoms with Crippen LogP contribution in [0.15, 0.2) is 12.2 Å². The highest BCUT2D eigenvalue weighted by Crippen LogP contribution is 2.43. The van der Waals surface area contributed by atoms with Crippen molar-refractivity contribution in [1.82, 2.24) is 0 Å². The van der Waals surface area contributed by atoms with Gasteiger partial charge in [-0.25, -0.2) is 4.57 Å². The van der Waals surface area contributed by atoms with E-state index >= 15 is 0 Å². The third-order valence-corrected chi connectivity index (χ3v) is 11.7. The van der Waals surface area contributed by atoms with E-state index in [0.29, 0.717) is 6.61 Å². The minimum absolute atomic E-state index is 0.0506. The molecule has 0 saturated carbocycles. The Hall–Kier alpha value is -0.800. The summed E-state index contributed by atoms with van der Waals surface area (Å²) in [7, 11) is -4.51. The first kappa shape index (κ1) is 56.2. The Labute approximate surface area is 351 Å². The van der Waals surface area contributed by atoms with Gasteiger partial charge >= 0.3 is 13.8 Å². The van der Waals surface area contributed by atoms with Crippen LogP contribution in [-0.2, 0) is 27.9 Å². The standard InChI is InChI=1S/C47H93O9P/c1-3-5-7-9-11-13-15-17-18-19-20-21-22-23-24-25-26-27-29-31-33-35-37-39-47(50)56-46(44-55-57(51,52)54-42-45(49)41-48)43-53-40-38-36-34-32-30-28-16-14-12-10-8-6-4-2/h12,14,45-46,48-49H,3-11,13,15-44H2,1-2H3,(H,51,52)/b14-12-. The maximum Gasteiger partial charge on any atom is 0.472 e. The zero-order chi connectivity index (χ0) is 41.8. The van der Waals surface area contributed by atoms with Gasteiger partial charge in [0, 0.05) is 13.0 Å². The highest BCUT2D eigenvalue weighted by atomic mass is 31.2. The van der Waals surface area contributed by atoms with E-state index in [9.17, 15) is 19.4 Å². The summed E-state index contributed by atoms with van der Waals surface area (Å²) < 4.78 is 33.4. The zero-order valence-electron chi connectivity index (χ0n) is 37.3. The molecule has 0 aliphatic heterocycles. The molecule has 0 radical (unpaired) electrons. The first-order valence-corrected chi connectivity index (χ1v) is 25.7. The van der Waals surface area contributed by atoms with Crippen molar-refractivity contribution in [3.8, 4) is 0 Å². The van der Waals surface area contributed by atoms with Gasteiger partial charge in [-0.3, -0.25) is 13.8 Å². The normalized spacial score (nSPS) is 14.0. The average Bonchev–Trinajstić information content (AvgIpc) is 3.20. The second-order valence-corrected chi connectivity index (χ2v) is 17.9. The maximum atomic E-state index is 12.6. The molecule has 10 heteroatoms. The zero-order valence-corrected chi connectivity index (χ0v) is 38.2. The number of phosphoric ester groups is 1. The second-order valence-electron chi connectivity index (χ2n) is 16.5. The summed E-state index contributed by atoms with van der Waals surface area (Å²) in [5.41, 5.74) is 0. The van der Waals surface area contributed by atoms with Gasteiger partial charge in [-0.1, -0.05) is 206 Å². The minimum atomic E-state index is -4.51. The second kappa shape index (κ2) is 44.7. The van der Waals surface area contributed by atoms with Crippen molar-refractivity contribution in [2.75, 3.05) is 33.0 Å². The summed E-state index contributed by atoms with van der Waals surface area (Å²) >= 11 is 0. The van der Waals surface area contributed by atoms with Gasteiger partial charge in [0.15, 0.2) is 0 Å². The molecule has 0 aromatic rings. The number of hydrogen-bond acceptors (Lipinski definition) is 8. The molecule has 0 aliphatic carbocycles. The molecule has 340 valence electrons. The molecular formula is C47H93O9P. The van der Waals surface area contributed by atoms with Gasteiger partial charge in [-0.2, -0.15) is 0 Å². The first-order chi connectivity index (χ1) is 27.8. The topological polar surface area (TPSA) is 132 Å². The largest absolute Gasteiger partial charge is 0.472 e. The van der Waals surface area contributed by atoms with Crippen molar-refractivity contribution >= 4 is 13.8 Å². The van der Waals surface area contributed by atoms with Crippen molar-refractivity contribution < 1.29 is 43.0 Å². The third kappa shape index (κ3) is 44.6. The lowest BCUT2D eigenvalue weighted by Crippen LogP contribution is -2.29. The number of rotatable bonds is 47. The van der Waals surface area contributed by atoms with E-state index in [1.54, 1.807) is 0 Å². The molecule has 0 rings (SSSR count). The predicted molar refractivity (Wildman–Crippen MR) is 238 cm³/mol. The molecule has 3 unspecified atom stereocenters. The lowest BCUT2D eigenvalue weighted by molar-refractivity contribution is -0.154. The molecule has 0 spiro atoms. The molecule has 0 heterocycles. The summed E-state index contributed by atoms with van der Waals surface area (Å²) in [6.45, 7) is 3.53. The van der Waals surface area contributed by atoms with Crippen LogP contribution in [0, 0.1) is 0 Å². The lowest BCUT2D eigenvalue weighted by atomic mass is 10.0. The van der Waals surface area contributed by atoms with Gasteiger partial charge in [0.2, 0.25) is 0 Å². The van der Waals surface area contributed by atoms with Crippen molar-refractivity contribution in [3.05, 3.63) is 12.2 Å². The molecule has 57 heavy (non-hydrogen) atoms. The number of aliphatic hydroxyl groups is 2. The van der Waals surface area contributed by atoms with Crippen LogP contribution < -0.4 is 0 Å². The number of carbonyl (C=O) groups excluding carboxylic acids is 1. The average molecular weight is 833 g/mol. The first-order valence-electron chi connectivity index (χ1n) is 24.2. The van der Waals surface area contributed by atoms with Gasteiger partial charge < -0.3 is 24.6 Å². The summed E-state index contributed by atoms with van der Waals surface area (Å²) in [6, 6.07) is 0. The lowest BCUT2D eigenvalue weighted by Gasteiger charge is -2.20. The SMILES string of the molecule is CCCCC/C=C\CCCCCCCCOCC(COP(=O)(O)OCC(O)CO)OC(=O)CCCCCCCCCCCCCCCCCCCCCCCCC. The van der Waals surface area contributed by atoms with E-state index in [4.69, 9.17) is 23.6 Å². The Bertz CT molecular complexity index is 902. The number of esters is 1. The van der Waals surface area contributed by atoms with Gasteiger partial charge in [0.05, 0.1) is 26.4 Å². The maximum absolute atomic E-state index is 12.6. The van der Waals surface area contributed by atoms with E-state index in [1.165, 1.54) is 173 Å². The Morgan fingerprint density at radius 3 is 1.35 bits per heavy atom. The van der Waals surface area contributed by atoms with E-state index in [0.717, 1.165) is 44.9 Å². The fourth-order valence-electron chi connectivity index (χ4n) is 7.00. The summed E-state index contributed by atoms with van der Waals surface area (Å²) in [4.78, 5) is 22.6. The van der Waals surface area contributed by atoms with Crippen LogP contribution in [0.1, 0.15) is 239 Å². The molecule has 0 fully saturated rings. The van der Waals surface area contributed by atoms with E-state index < -0.39 is 33.2 Å². The molecule has 0 aromatic carbocycles. The number of allylic oxidation sites excluding steroid dienone is 2. The van der Waals surface area contributed by atoms with Gasteiger partial charge in [0.25, 0.3) is 0 Å². The highest BCUT2D eigenvalue weighted by molar-refractivity contribution is 7.47. The van der Waals surface area contributed by atoms with Crippen LogP contribution in [0.5, 0.6) is 0 Å². The Morgan fingerprint density at radius 2 is 0.895 bits per heavy atom. The van der Waals surface area contributed by atoms with Crippen LogP contribution in [-0.4, -0.2) is 66.3 Å². The Balaban J connectivity index is 4.01. The van der Waals surface area contributed by atoms with Crippen molar-refractivity contribution in [1.29, 1.82) is 0 Å². The van der Waals surface area contributed by atoms with Crippen LogP contribution in [0.2, 0.25) is 0 Å². The van der Waals surface area contributed by atoms with Crippen LogP contribution in [0.3, 0.4) is 0 Å². The molecule has 3 N–H and O–H groups in total. The van der Waals surface area contributed by atoms with E-state index in [-0.39, 0.29) is 25.6 Å². The Morgan fingerprint density at radius 1 is 0.526 bits per heavy atom. The molecule has 0 amide bonds. The van der Waals surface area contributed by atoms with Gasteiger partial charge in [0.1, 0.15) is 12.2 Å². The number of phosphoric acid groups is 1. The molecule has 0 aromatic heterocycles. The quantitative estimate of drug-likeness (QED) is 0.0237. The number of carbonyl (C=O) groups is 1. The smallest absolute Gasteiger partial charge is 0.457 e. The summed E-state index contributed by atoms with van der Waals surface area (Å²) in [6.07, 6.45) is 46.1. The fraction of sp³-hybridized carbons (Fsp3) is 0.936.